The number of aryl methyl sites for hydroxylation is 2. The second kappa shape index (κ2) is 6.06. The van der Waals surface area contributed by atoms with Gasteiger partial charge in [0.05, 0.1) is 11.0 Å². The van der Waals surface area contributed by atoms with Gasteiger partial charge in [-0.05, 0) is 31.4 Å². The van der Waals surface area contributed by atoms with Crippen LogP contribution in [-0.4, -0.2) is 27.9 Å². The van der Waals surface area contributed by atoms with E-state index >= 15 is 0 Å². The van der Waals surface area contributed by atoms with Crippen molar-refractivity contribution in [1.29, 1.82) is 0 Å². The zero-order valence-corrected chi connectivity index (χ0v) is 13.0. The topological polar surface area (TPSA) is 46.9 Å². The van der Waals surface area contributed by atoms with Gasteiger partial charge >= 0.3 is 0 Å². The number of aromatic nitrogens is 2. The van der Waals surface area contributed by atoms with Gasteiger partial charge in [-0.1, -0.05) is 12.1 Å². The number of para-hydroxylation sites is 1. The lowest BCUT2D eigenvalue weighted by Crippen LogP contribution is -2.28. The Bertz CT molecular complexity index is 661. The third-order valence-corrected chi connectivity index (χ3v) is 4.14. The van der Waals surface area contributed by atoms with E-state index in [-0.39, 0.29) is 11.8 Å². The summed E-state index contributed by atoms with van der Waals surface area (Å²) in [5.74, 6) is 2.00. The number of nitrogens with one attached hydrogen (secondary N) is 1. The average molecular weight is 306 g/mol. The largest absolute Gasteiger partial charge is 0.354 e. The molecule has 3 rings (SSSR count). The standard InChI is InChI=1S/C16H20ClN3O/c1-11-3-2-4-13-15(11)20(14(19-13)7-8-17)10-9-18-16(21)12-5-6-12/h2-4,12H,5-10H2,1H3,(H,18,21). The Morgan fingerprint density at radius 2 is 2.29 bits per heavy atom. The van der Waals surface area contributed by atoms with Gasteiger partial charge in [0.2, 0.25) is 5.91 Å². The van der Waals surface area contributed by atoms with Crippen LogP contribution in [0, 0.1) is 12.8 Å². The van der Waals surface area contributed by atoms with Gasteiger partial charge in [0.25, 0.3) is 0 Å². The molecule has 1 aromatic heterocycles. The Hall–Kier alpha value is -1.55. The second-order valence-electron chi connectivity index (χ2n) is 5.63. The minimum atomic E-state index is 0.190. The lowest BCUT2D eigenvalue weighted by Gasteiger charge is -2.11. The number of halogens is 1. The summed E-state index contributed by atoms with van der Waals surface area (Å²) in [5.41, 5.74) is 3.36. The van der Waals surface area contributed by atoms with Crippen LogP contribution in [0.2, 0.25) is 0 Å². The fraction of sp³-hybridized carbons (Fsp3) is 0.500. The summed E-state index contributed by atoms with van der Waals surface area (Å²) >= 11 is 5.89. The third-order valence-electron chi connectivity index (χ3n) is 3.95. The molecular formula is C16H20ClN3O. The summed E-state index contributed by atoms with van der Waals surface area (Å²) in [4.78, 5) is 16.4. The van der Waals surface area contributed by atoms with Crippen molar-refractivity contribution in [3.8, 4) is 0 Å². The van der Waals surface area contributed by atoms with Gasteiger partial charge in [-0.3, -0.25) is 4.79 Å². The molecule has 1 aromatic carbocycles. The third kappa shape index (κ3) is 3.05. The molecule has 0 bridgehead atoms. The summed E-state index contributed by atoms with van der Waals surface area (Å²) in [6, 6.07) is 6.14. The Labute approximate surface area is 129 Å². The molecule has 1 fully saturated rings. The van der Waals surface area contributed by atoms with Crippen molar-refractivity contribution in [1.82, 2.24) is 14.9 Å². The fourth-order valence-electron chi connectivity index (χ4n) is 2.71. The number of alkyl halides is 1. The number of rotatable bonds is 6. The van der Waals surface area contributed by atoms with Crippen molar-refractivity contribution < 1.29 is 4.79 Å². The van der Waals surface area contributed by atoms with Crippen molar-refractivity contribution in [2.75, 3.05) is 12.4 Å². The number of imidazole rings is 1. The molecule has 1 heterocycles. The summed E-state index contributed by atoms with van der Waals surface area (Å²) < 4.78 is 2.19. The number of fused-ring (bicyclic) bond motifs is 1. The highest BCUT2D eigenvalue weighted by Crippen LogP contribution is 2.28. The summed E-state index contributed by atoms with van der Waals surface area (Å²) in [5, 5.41) is 3.02. The number of nitrogens with zero attached hydrogens (tertiary/aromatic N) is 2. The van der Waals surface area contributed by atoms with E-state index in [1.165, 1.54) is 5.56 Å². The molecule has 0 aliphatic heterocycles. The maximum Gasteiger partial charge on any atom is 0.223 e. The fourth-order valence-corrected chi connectivity index (χ4v) is 2.88. The molecule has 0 atom stereocenters. The first kappa shape index (κ1) is 14.4. The first-order chi connectivity index (χ1) is 10.2. The molecule has 0 radical (unpaired) electrons. The minimum Gasteiger partial charge on any atom is -0.354 e. The van der Waals surface area contributed by atoms with Crippen LogP contribution in [0.25, 0.3) is 11.0 Å². The second-order valence-corrected chi connectivity index (χ2v) is 6.00. The Kier molecular flexibility index (Phi) is 4.15. The number of benzene rings is 1. The monoisotopic (exact) mass is 305 g/mol. The lowest BCUT2D eigenvalue weighted by atomic mass is 10.2. The maximum absolute atomic E-state index is 11.7. The van der Waals surface area contributed by atoms with E-state index in [9.17, 15) is 4.79 Å². The molecule has 1 aliphatic rings. The van der Waals surface area contributed by atoms with E-state index in [1.807, 2.05) is 12.1 Å². The van der Waals surface area contributed by atoms with Gasteiger partial charge in [-0.2, -0.15) is 0 Å². The molecule has 5 heteroatoms. The first-order valence-electron chi connectivity index (χ1n) is 7.49. The van der Waals surface area contributed by atoms with E-state index in [4.69, 9.17) is 11.6 Å². The molecule has 21 heavy (non-hydrogen) atoms. The number of hydrogen-bond donors (Lipinski definition) is 1. The van der Waals surface area contributed by atoms with Crippen LogP contribution in [0.5, 0.6) is 0 Å². The Morgan fingerprint density at radius 3 is 3.00 bits per heavy atom. The quantitative estimate of drug-likeness (QED) is 0.834. The summed E-state index contributed by atoms with van der Waals surface area (Å²) in [6.45, 7) is 3.48. The van der Waals surface area contributed by atoms with Crippen LogP contribution in [0.3, 0.4) is 0 Å². The highest BCUT2D eigenvalue weighted by atomic mass is 35.5. The molecule has 1 N–H and O–H groups in total. The SMILES string of the molecule is Cc1cccc2nc(CCCl)n(CCNC(=O)C3CC3)c12. The number of carbonyl (C=O) groups excluding carboxylic acids is 1. The van der Waals surface area contributed by atoms with Gasteiger partial charge in [0.15, 0.2) is 0 Å². The van der Waals surface area contributed by atoms with Crippen LogP contribution in [0.15, 0.2) is 18.2 Å². The highest BCUT2D eigenvalue weighted by molar-refractivity contribution is 6.17. The van der Waals surface area contributed by atoms with Gasteiger partial charge in [0, 0.05) is 31.3 Å². The smallest absolute Gasteiger partial charge is 0.223 e. The Morgan fingerprint density at radius 1 is 1.48 bits per heavy atom. The zero-order valence-electron chi connectivity index (χ0n) is 12.2. The van der Waals surface area contributed by atoms with Crippen molar-refractivity contribution >= 4 is 28.5 Å². The number of hydrogen-bond acceptors (Lipinski definition) is 2. The molecule has 1 aliphatic carbocycles. The predicted octanol–water partition coefficient (Wildman–Crippen LogP) is 2.65. The van der Waals surface area contributed by atoms with Crippen molar-refractivity contribution in [2.45, 2.75) is 32.7 Å². The van der Waals surface area contributed by atoms with Crippen molar-refractivity contribution in [2.24, 2.45) is 5.92 Å². The number of carbonyl (C=O) groups is 1. The Balaban J connectivity index is 1.80. The van der Waals surface area contributed by atoms with Crippen LogP contribution in [0.1, 0.15) is 24.2 Å². The summed E-state index contributed by atoms with van der Waals surface area (Å²) in [6.07, 6.45) is 2.82. The van der Waals surface area contributed by atoms with Gasteiger partial charge < -0.3 is 9.88 Å². The molecule has 112 valence electrons. The minimum absolute atomic E-state index is 0.190. The number of amides is 1. The lowest BCUT2D eigenvalue weighted by molar-refractivity contribution is -0.122. The van der Waals surface area contributed by atoms with Gasteiger partial charge in [0.1, 0.15) is 5.82 Å². The maximum atomic E-state index is 11.7. The average Bonchev–Trinajstić information content (AvgIpc) is 3.24. The van der Waals surface area contributed by atoms with Crippen LogP contribution in [0.4, 0.5) is 0 Å². The van der Waals surface area contributed by atoms with Gasteiger partial charge in [-0.15, -0.1) is 11.6 Å². The van der Waals surface area contributed by atoms with E-state index < -0.39 is 0 Å². The van der Waals surface area contributed by atoms with E-state index in [2.05, 4.69) is 27.9 Å². The molecule has 4 nitrogen and oxygen atoms in total. The van der Waals surface area contributed by atoms with Crippen LogP contribution in [-0.2, 0) is 17.8 Å². The van der Waals surface area contributed by atoms with E-state index in [0.717, 1.165) is 42.7 Å². The van der Waals surface area contributed by atoms with E-state index in [1.54, 1.807) is 0 Å². The molecular weight excluding hydrogens is 286 g/mol. The molecule has 0 unspecified atom stereocenters. The molecule has 0 spiro atoms. The molecule has 1 saturated carbocycles. The molecule has 0 saturated heterocycles. The van der Waals surface area contributed by atoms with Gasteiger partial charge in [-0.25, -0.2) is 4.98 Å². The predicted molar refractivity (Wildman–Crippen MR) is 84.6 cm³/mol. The first-order valence-corrected chi connectivity index (χ1v) is 8.02. The van der Waals surface area contributed by atoms with Crippen LogP contribution < -0.4 is 5.32 Å². The van der Waals surface area contributed by atoms with E-state index in [0.29, 0.717) is 12.4 Å². The van der Waals surface area contributed by atoms with Crippen molar-refractivity contribution in [3.63, 3.8) is 0 Å². The summed E-state index contributed by atoms with van der Waals surface area (Å²) in [7, 11) is 0. The molecule has 2 aromatic rings. The van der Waals surface area contributed by atoms with Crippen molar-refractivity contribution in [3.05, 3.63) is 29.6 Å². The van der Waals surface area contributed by atoms with Crippen LogP contribution >= 0.6 is 11.6 Å². The molecule has 1 amide bonds. The normalized spacial score (nSPS) is 14.6. The zero-order chi connectivity index (χ0) is 14.8. The highest BCUT2D eigenvalue weighted by Gasteiger charge is 2.29.